The molecule has 1 heterocycles. The maximum absolute atomic E-state index is 13.5. The lowest BCUT2D eigenvalue weighted by Crippen LogP contribution is -2.16. The molecular weight excluding hydrogens is 292 g/mol. The van der Waals surface area contributed by atoms with Gasteiger partial charge in [-0.1, -0.05) is 18.1 Å². The first-order valence-corrected chi connectivity index (χ1v) is 6.49. The summed E-state index contributed by atoms with van der Waals surface area (Å²) in [6.45, 7) is 1.81. The fourth-order valence-electron chi connectivity index (χ4n) is 1.86. The molecule has 1 aromatic heterocycles. The summed E-state index contributed by atoms with van der Waals surface area (Å²) in [6, 6.07) is 6.21. The normalized spacial score (nSPS) is 11.3. The first-order chi connectivity index (χ1) is 10.6. The standard InChI is InChI=1S/C15H13F2N3O2/c1-2-12(20-22)9-6-7-13(18-8-9)19-15(21)14-10(16)4-3-5-11(14)17/h3-8,22H,2H2,1H3,(H,18,19,21)/b20-12+. The van der Waals surface area contributed by atoms with Crippen LogP contribution in [0.15, 0.2) is 41.7 Å². The van der Waals surface area contributed by atoms with E-state index in [0.29, 0.717) is 17.7 Å². The van der Waals surface area contributed by atoms with E-state index >= 15 is 0 Å². The number of aromatic nitrogens is 1. The summed E-state index contributed by atoms with van der Waals surface area (Å²) < 4.78 is 27.0. The van der Waals surface area contributed by atoms with E-state index in [4.69, 9.17) is 5.21 Å². The van der Waals surface area contributed by atoms with Crippen LogP contribution in [0.1, 0.15) is 29.3 Å². The molecule has 0 atom stereocenters. The molecule has 0 aliphatic carbocycles. The van der Waals surface area contributed by atoms with Gasteiger partial charge in [-0.3, -0.25) is 4.79 Å². The van der Waals surface area contributed by atoms with Crippen molar-refractivity contribution in [3.8, 4) is 0 Å². The summed E-state index contributed by atoms with van der Waals surface area (Å²) in [4.78, 5) is 15.8. The molecule has 0 aliphatic rings. The van der Waals surface area contributed by atoms with Gasteiger partial charge in [-0.15, -0.1) is 0 Å². The molecule has 0 aliphatic heterocycles. The summed E-state index contributed by atoms with van der Waals surface area (Å²) in [5.41, 5.74) is 0.352. The SMILES string of the molecule is CC/C(=N\O)c1ccc(NC(=O)c2c(F)cccc2F)nc1. The van der Waals surface area contributed by atoms with E-state index in [9.17, 15) is 13.6 Å². The zero-order valence-electron chi connectivity index (χ0n) is 11.7. The molecule has 0 spiro atoms. The Labute approximate surface area is 125 Å². The zero-order valence-corrected chi connectivity index (χ0v) is 11.7. The molecule has 0 bridgehead atoms. The van der Waals surface area contributed by atoms with Gasteiger partial charge in [-0.05, 0) is 30.7 Å². The van der Waals surface area contributed by atoms with Crippen LogP contribution in [-0.4, -0.2) is 21.8 Å². The number of rotatable bonds is 4. The highest BCUT2D eigenvalue weighted by atomic mass is 19.1. The molecule has 0 fully saturated rings. The van der Waals surface area contributed by atoms with Gasteiger partial charge in [0.1, 0.15) is 23.0 Å². The molecule has 5 nitrogen and oxygen atoms in total. The number of anilines is 1. The Kier molecular flexibility index (Phi) is 4.77. The second-order valence-corrected chi connectivity index (χ2v) is 4.38. The number of pyridine rings is 1. The van der Waals surface area contributed by atoms with Crippen molar-refractivity contribution in [3.63, 3.8) is 0 Å². The molecular formula is C15H13F2N3O2. The lowest BCUT2D eigenvalue weighted by molar-refractivity contribution is 0.101. The number of oxime groups is 1. The lowest BCUT2D eigenvalue weighted by Gasteiger charge is -2.07. The molecule has 0 unspecified atom stereocenters. The zero-order chi connectivity index (χ0) is 16.1. The average molecular weight is 305 g/mol. The average Bonchev–Trinajstić information content (AvgIpc) is 2.50. The van der Waals surface area contributed by atoms with Gasteiger partial charge in [0.15, 0.2) is 0 Å². The smallest absolute Gasteiger partial charge is 0.262 e. The number of halogens is 2. The van der Waals surface area contributed by atoms with Crippen molar-refractivity contribution < 1.29 is 18.8 Å². The van der Waals surface area contributed by atoms with E-state index < -0.39 is 23.1 Å². The van der Waals surface area contributed by atoms with Gasteiger partial charge in [0.25, 0.3) is 5.91 Å². The quantitative estimate of drug-likeness (QED) is 0.517. The van der Waals surface area contributed by atoms with Crippen LogP contribution in [0.2, 0.25) is 0 Å². The van der Waals surface area contributed by atoms with Crippen LogP contribution in [0.4, 0.5) is 14.6 Å². The van der Waals surface area contributed by atoms with E-state index in [0.717, 1.165) is 12.1 Å². The molecule has 2 N–H and O–H groups in total. The molecule has 7 heteroatoms. The van der Waals surface area contributed by atoms with Crippen molar-refractivity contribution in [2.24, 2.45) is 5.16 Å². The topological polar surface area (TPSA) is 74.6 Å². The predicted octanol–water partition coefficient (Wildman–Crippen LogP) is 3.20. The van der Waals surface area contributed by atoms with Gasteiger partial charge < -0.3 is 10.5 Å². The van der Waals surface area contributed by atoms with Gasteiger partial charge in [-0.25, -0.2) is 13.8 Å². The number of carbonyl (C=O) groups excluding carboxylic acids is 1. The maximum Gasteiger partial charge on any atom is 0.262 e. The Morgan fingerprint density at radius 3 is 2.45 bits per heavy atom. The molecule has 22 heavy (non-hydrogen) atoms. The minimum absolute atomic E-state index is 0.129. The highest BCUT2D eigenvalue weighted by molar-refractivity contribution is 6.04. The molecule has 1 aromatic carbocycles. The van der Waals surface area contributed by atoms with Crippen molar-refractivity contribution in [1.29, 1.82) is 0 Å². The van der Waals surface area contributed by atoms with E-state index in [1.807, 2.05) is 6.92 Å². The monoisotopic (exact) mass is 305 g/mol. The van der Waals surface area contributed by atoms with Crippen molar-refractivity contribution in [2.75, 3.05) is 5.32 Å². The number of carbonyl (C=O) groups is 1. The van der Waals surface area contributed by atoms with Gasteiger partial charge in [-0.2, -0.15) is 0 Å². The van der Waals surface area contributed by atoms with Crippen LogP contribution < -0.4 is 5.32 Å². The van der Waals surface area contributed by atoms with Crippen molar-refractivity contribution >= 4 is 17.4 Å². The first-order valence-electron chi connectivity index (χ1n) is 6.49. The minimum atomic E-state index is -0.949. The van der Waals surface area contributed by atoms with Crippen LogP contribution in [0.25, 0.3) is 0 Å². The van der Waals surface area contributed by atoms with Crippen molar-refractivity contribution in [3.05, 3.63) is 59.3 Å². The van der Waals surface area contributed by atoms with Gasteiger partial charge in [0, 0.05) is 11.8 Å². The summed E-state index contributed by atoms with van der Waals surface area (Å²) in [5, 5.41) is 14.2. The molecule has 1 amide bonds. The first kappa shape index (κ1) is 15.6. The Morgan fingerprint density at radius 2 is 1.95 bits per heavy atom. The van der Waals surface area contributed by atoms with Gasteiger partial charge >= 0.3 is 0 Å². The number of benzene rings is 1. The molecule has 0 saturated heterocycles. The summed E-state index contributed by atoms with van der Waals surface area (Å²) >= 11 is 0. The van der Waals surface area contributed by atoms with E-state index in [-0.39, 0.29) is 5.82 Å². The third-order valence-electron chi connectivity index (χ3n) is 2.98. The van der Waals surface area contributed by atoms with Gasteiger partial charge in [0.2, 0.25) is 0 Å². The Balaban J connectivity index is 2.19. The van der Waals surface area contributed by atoms with Crippen LogP contribution in [-0.2, 0) is 0 Å². The van der Waals surface area contributed by atoms with E-state index in [1.54, 1.807) is 6.07 Å². The van der Waals surface area contributed by atoms with Crippen LogP contribution in [0.3, 0.4) is 0 Å². The lowest BCUT2D eigenvalue weighted by atomic mass is 10.1. The molecule has 114 valence electrons. The minimum Gasteiger partial charge on any atom is -0.411 e. The van der Waals surface area contributed by atoms with E-state index in [1.165, 1.54) is 18.3 Å². The van der Waals surface area contributed by atoms with Crippen LogP contribution >= 0.6 is 0 Å². The van der Waals surface area contributed by atoms with Crippen LogP contribution in [0, 0.1) is 11.6 Å². The third kappa shape index (κ3) is 3.25. The fourth-order valence-corrected chi connectivity index (χ4v) is 1.86. The summed E-state index contributed by atoms with van der Waals surface area (Å²) in [6.07, 6.45) is 1.90. The number of nitrogens with one attached hydrogen (secondary N) is 1. The second-order valence-electron chi connectivity index (χ2n) is 4.38. The Hall–Kier alpha value is -2.83. The number of nitrogens with zero attached hydrogens (tertiary/aromatic N) is 2. The molecule has 0 radical (unpaired) electrons. The molecule has 0 saturated carbocycles. The van der Waals surface area contributed by atoms with Crippen molar-refractivity contribution in [1.82, 2.24) is 4.98 Å². The molecule has 2 aromatic rings. The fraction of sp³-hybridized carbons (Fsp3) is 0.133. The van der Waals surface area contributed by atoms with Crippen LogP contribution in [0.5, 0.6) is 0 Å². The van der Waals surface area contributed by atoms with Crippen molar-refractivity contribution in [2.45, 2.75) is 13.3 Å². The van der Waals surface area contributed by atoms with Gasteiger partial charge in [0.05, 0.1) is 5.71 Å². The third-order valence-corrected chi connectivity index (χ3v) is 2.98. The summed E-state index contributed by atoms with van der Waals surface area (Å²) in [7, 11) is 0. The highest BCUT2D eigenvalue weighted by Gasteiger charge is 2.17. The van der Waals surface area contributed by atoms with E-state index in [2.05, 4.69) is 15.5 Å². The molecule has 2 rings (SSSR count). The number of hydrogen-bond donors (Lipinski definition) is 2. The highest BCUT2D eigenvalue weighted by Crippen LogP contribution is 2.15. The number of hydrogen-bond acceptors (Lipinski definition) is 4. The maximum atomic E-state index is 13.5. The Morgan fingerprint density at radius 1 is 1.27 bits per heavy atom. The second kappa shape index (κ2) is 6.75. The Bertz CT molecular complexity index is 695. The number of amides is 1. The summed E-state index contributed by atoms with van der Waals surface area (Å²) in [5.74, 6) is -2.70. The largest absolute Gasteiger partial charge is 0.411 e. The predicted molar refractivity (Wildman–Crippen MR) is 77.2 cm³/mol.